The maximum atomic E-state index is 12.0. The molecule has 1 aromatic heterocycles. The third kappa shape index (κ3) is 2.09. The van der Waals surface area contributed by atoms with E-state index in [4.69, 9.17) is 0 Å². The molecule has 2 N–H and O–H groups in total. The number of piperidine rings is 1. The van der Waals surface area contributed by atoms with Gasteiger partial charge in [-0.1, -0.05) is 13.0 Å². The second kappa shape index (κ2) is 3.78. The lowest BCUT2D eigenvalue weighted by atomic mass is 10.0. The Morgan fingerprint density at radius 1 is 1.59 bits per heavy atom. The number of carbonyl (C=O) groups excluding carboxylic acids is 1. The van der Waals surface area contributed by atoms with Crippen molar-refractivity contribution in [1.82, 2.24) is 10.3 Å². The minimum absolute atomic E-state index is 0.0176. The fourth-order valence-electron chi connectivity index (χ4n) is 2.52. The van der Waals surface area contributed by atoms with E-state index in [1.807, 2.05) is 12.1 Å². The summed E-state index contributed by atoms with van der Waals surface area (Å²) < 4.78 is 0.726. The van der Waals surface area contributed by atoms with E-state index in [1.54, 1.807) is 6.07 Å². The Kier molecular flexibility index (Phi) is 2.48. The van der Waals surface area contributed by atoms with E-state index in [0.717, 1.165) is 11.0 Å². The smallest absolute Gasteiger partial charge is 0.242 e. The van der Waals surface area contributed by atoms with E-state index in [1.165, 1.54) is 6.42 Å². The molecule has 17 heavy (non-hydrogen) atoms. The molecular weight excluding hydrogens is 282 g/mol. The summed E-state index contributed by atoms with van der Waals surface area (Å²) in [5, 5.41) is 6.19. The molecule has 4 nitrogen and oxygen atoms in total. The van der Waals surface area contributed by atoms with Crippen LogP contribution in [0.2, 0.25) is 0 Å². The van der Waals surface area contributed by atoms with Gasteiger partial charge in [0.05, 0.1) is 6.04 Å². The first-order chi connectivity index (χ1) is 8.07. The molecule has 2 aliphatic rings. The zero-order valence-corrected chi connectivity index (χ0v) is 11.1. The zero-order chi connectivity index (χ0) is 12.0. The molecule has 0 bridgehead atoms. The summed E-state index contributed by atoms with van der Waals surface area (Å²) in [4.78, 5) is 16.2. The first kappa shape index (κ1) is 11.2. The van der Waals surface area contributed by atoms with Crippen molar-refractivity contribution >= 4 is 27.7 Å². The maximum absolute atomic E-state index is 12.0. The number of halogens is 1. The minimum atomic E-state index is -0.0699. The van der Waals surface area contributed by atoms with Crippen LogP contribution >= 0.6 is 15.9 Å². The van der Waals surface area contributed by atoms with Crippen LogP contribution in [0.1, 0.15) is 19.8 Å². The second-order valence-electron chi connectivity index (χ2n) is 5.17. The van der Waals surface area contributed by atoms with Crippen molar-refractivity contribution in [3.05, 3.63) is 22.8 Å². The van der Waals surface area contributed by atoms with Crippen molar-refractivity contribution < 1.29 is 4.79 Å². The van der Waals surface area contributed by atoms with E-state index >= 15 is 0 Å². The van der Waals surface area contributed by atoms with Gasteiger partial charge in [0.2, 0.25) is 5.91 Å². The van der Waals surface area contributed by atoms with E-state index < -0.39 is 0 Å². The number of carbonyl (C=O) groups is 1. The highest BCUT2D eigenvalue weighted by atomic mass is 79.9. The molecule has 1 amide bonds. The number of hydrogen-bond donors (Lipinski definition) is 2. The van der Waals surface area contributed by atoms with Crippen LogP contribution in [-0.2, 0) is 4.79 Å². The predicted molar refractivity (Wildman–Crippen MR) is 68.6 cm³/mol. The number of nitrogens with one attached hydrogen (secondary N) is 2. The Balaban J connectivity index is 1.64. The summed E-state index contributed by atoms with van der Waals surface area (Å²) >= 11 is 3.28. The molecule has 90 valence electrons. The quantitative estimate of drug-likeness (QED) is 0.820. The van der Waals surface area contributed by atoms with Gasteiger partial charge in [0.15, 0.2) is 0 Å². The number of aromatic nitrogens is 1. The monoisotopic (exact) mass is 295 g/mol. The molecule has 1 saturated carbocycles. The van der Waals surface area contributed by atoms with E-state index in [0.29, 0.717) is 17.3 Å². The first-order valence-corrected chi connectivity index (χ1v) is 6.56. The number of hydrogen-bond acceptors (Lipinski definition) is 3. The van der Waals surface area contributed by atoms with Gasteiger partial charge >= 0.3 is 0 Å². The van der Waals surface area contributed by atoms with Gasteiger partial charge in [0.25, 0.3) is 0 Å². The van der Waals surface area contributed by atoms with Crippen LogP contribution in [-0.4, -0.2) is 23.0 Å². The van der Waals surface area contributed by atoms with E-state index in [2.05, 4.69) is 38.5 Å². The van der Waals surface area contributed by atoms with E-state index in [-0.39, 0.29) is 11.9 Å². The number of amides is 1. The standard InChI is InChI=1S/C12H14BrN3O/c1-12-5-7(14-8(12)6-12)11(17)16-10-4-2-3-9(13)15-10/h2-4,7-8,14H,5-6H2,1H3,(H,15,16,17)/t7?,8-,12-/m0/s1. The Labute approximate surface area is 108 Å². The largest absolute Gasteiger partial charge is 0.309 e. The molecule has 3 atom stereocenters. The number of pyridine rings is 1. The van der Waals surface area contributed by atoms with Crippen molar-refractivity contribution in [3.63, 3.8) is 0 Å². The Morgan fingerprint density at radius 3 is 3.06 bits per heavy atom. The van der Waals surface area contributed by atoms with Crippen LogP contribution in [0.25, 0.3) is 0 Å². The highest BCUT2D eigenvalue weighted by Crippen LogP contribution is 2.53. The summed E-state index contributed by atoms with van der Waals surface area (Å²) in [7, 11) is 0. The molecule has 1 saturated heterocycles. The summed E-state index contributed by atoms with van der Waals surface area (Å²) in [6, 6.07) is 5.95. The van der Waals surface area contributed by atoms with Crippen molar-refractivity contribution in [2.45, 2.75) is 31.8 Å². The lowest BCUT2D eigenvalue weighted by molar-refractivity contribution is -0.118. The number of rotatable bonds is 2. The molecule has 5 heteroatoms. The SMILES string of the molecule is C[C@@]12CC(C(=O)Nc3cccc(Br)n3)N[C@H]1C2. The molecule has 1 unspecified atom stereocenters. The van der Waals surface area contributed by atoms with E-state index in [9.17, 15) is 4.79 Å². The van der Waals surface area contributed by atoms with Crippen molar-refractivity contribution in [2.24, 2.45) is 5.41 Å². The summed E-state index contributed by atoms with van der Waals surface area (Å²) in [6.45, 7) is 2.23. The fraction of sp³-hybridized carbons (Fsp3) is 0.500. The Bertz CT molecular complexity index is 479. The van der Waals surface area contributed by atoms with Gasteiger partial charge in [-0.15, -0.1) is 0 Å². The molecule has 0 aromatic carbocycles. The summed E-state index contributed by atoms with van der Waals surface area (Å²) in [5.41, 5.74) is 0.354. The third-order valence-electron chi connectivity index (χ3n) is 3.71. The molecule has 1 aliphatic carbocycles. The molecule has 1 aliphatic heterocycles. The van der Waals surface area contributed by atoms with Crippen LogP contribution in [0.5, 0.6) is 0 Å². The average molecular weight is 296 g/mol. The van der Waals surface area contributed by atoms with Crippen LogP contribution in [0, 0.1) is 5.41 Å². The maximum Gasteiger partial charge on any atom is 0.242 e. The van der Waals surface area contributed by atoms with Gasteiger partial charge in [0, 0.05) is 6.04 Å². The second-order valence-corrected chi connectivity index (χ2v) is 5.98. The third-order valence-corrected chi connectivity index (χ3v) is 4.15. The molecule has 3 rings (SSSR count). The zero-order valence-electron chi connectivity index (χ0n) is 9.53. The molecule has 0 radical (unpaired) electrons. The van der Waals surface area contributed by atoms with Gasteiger partial charge < -0.3 is 10.6 Å². The van der Waals surface area contributed by atoms with Crippen LogP contribution in [0.4, 0.5) is 5.82 Å². The van der Waals surface area contributed by atoms with Crippen molar-refractivity contribution in [2.75, 3.05) is 5.32 Å². The van der Waals surface area contributed by atoms with Crippen LogP contribution in [0.15, 0.2) is 22.8 Å². The Hall–Kier alpha value is -0.940. The fourth-order valence-corrected chi connectivity index (χ4v) is 2.86. The van der Waals surface area contributed by atoms with Crippen LogP contribution < -0.4 is 10.6 Å². The molecular formula is C12H14BrN3O. The highest BCUT2D eigenvalue weighted by molar-refractivity contribution is 9.10. The van der Waals surface area contributed by atoms with Crippen molar-refractivity contribution in [1.29, 1.82) is 0 Å². The van der Waals surface area contributed by atoms with Crippen molar-refractivity contribution in [3.8, 4) is 0 Å². The number of fused-ring (bicyclic) bond motifs is 1. The average Bonchev–Trinajstić information content (AvgIpc) is 2.77. The lowest BCUT2D eigenvalue weighted by Gasteiger charge is -2.13. The van der Waals surface area contributed by atoms with Gasteiger partial charge in [-0.2, -0.15) is 0 Å². The topological polar surface area (TPSA) is 54.0 Å². The van der Waals surface area contributed by atoms with Gasteiger partial charge in [-0.3, -0.25) is 4.79 Å². The first-order valence-electron chi connectivity index (χ1n) is 5.76. The summed E-state index contributed by atoms with van der Waals surface area (Å²) in [5.74, 6) is 0.612. The predicted octanol–water partition coefficient (Wildman–Crippen LogP) is 1.92. The highest BCUT2D eigenvalue weighted by Gasteiger charge is 2.58. The van der Waals surface area contributed by atoms with Gasteiger partial charge in [-0.05, 0) is 46.3 Å². The summed E-state index contributed by atoms with van der Waals surface area (Å²) in [6.07, 6.45) is 2.13. The molecule has 0 spiro atoms. The van der Waals surface area contributed by atoms with Gasteiger partial charge in [-0.25, -0.2) is 4.98 Å². The number of nitrogens with zero attached hydrogens (tertiary/aromatic N) is 1. The van der Waals surface area contributed by atoms with Gasteiger partial charge in [0.1, 0.15) is 10.4 Å². The molecule has 2 heterocycles. The minimum Gasteiger partial charge on any atom is -0.309 e. The lowest BCUT2D eigenvalue weighted by Crippen LogP contribution is -2.38. The van der Waals surface area contributed by atoms with Crippen LogP contribution in [0.3, 0.4) is 0 Å². The normalized spacial score (nSPS) is 34.2. The molecule has 1 aromatic rings. The Morgan fingerprint density at radius 2 is 2.41 bits per heavy atom. The number of anilines is 1. The molecule has 2 fully saturated rings.